The summed E-state index contributed by atoms with van der Waals surface area (Å²) in [6.07, 6.45) is 3.76. The van der Waals surface area contributed by atoms with Gasteiger partial charge in [-0.25, -0.2) is 0 Å². The van der Waals surface area contributed by atoms with Gasteiger partial charge in [-0.2, -0.15) is 11.8 Å². The van der Waals surface area contributed by atoms with Crippen molar-refractivity contribution in [3.8, 4) is 0 Å². The van der Waals surface area contributed by atoms with Crippen molar-refractivity contribution in [2.75, 3.05) is 25.4 Å². The molecule has 0 spiro atoms. The molecular formula is C20H25BrN2O2S. The number of nitrogens with zero attached hydrogens (tertiary/aromatic N) is 1. The highest BCUT2D eigenvalue weighted by molar-refractivity contribution is 9.10. The van der Waals surface area contributed by atoms with Gasteiger partial charge in [0, 0.05) is 29.9 Å². The average molecular weight is 437 g/mol. The molecule has 1 aliphatic rings. The second kappa shape index (κ2) is 10.2. The Bertz CT molecular complexity index is 693. The number of rotatable bonds is 8. The zero-order valence-corrected chi connectivity index (χ0v) is 17.2. The predicted octanol–water partition coefficient (Wildman–Crippen LogP) is 4.30. The molecule has 1 aliphatic heterocycles. The second-order valence-electron chi connectivity index (χ2n) is 6.63. The zero-order valence-electron chi connectivity index (χ0n) is 14.8. The lowest BCUT2D eigenvalue weighted by molar-refractivity contribution is -0.126. The number of hydrogen-bond acceptors (Lipinski definition) is 4. The van der Waals surface area contributed by atoms with Crippen molar-refractivity contribution in [1.29, 1.82) is 0 Å². The highest BCUT2D eigenvalue weighted by atomic mass is 79.9. The van der Waals surface area contributed by atoms with Crippen LogP contribution in [0.5, 0.6) is 0 Å². The standard InChI is InChI=1S/C20H25BrN2O2S/c21-18-6-1-4-16(12-18)13-23-9-2-5-17(14-23)20(24)22-8-11-26-15-19-7-3-10-25-19/h1,3-4,6-7,10,12,17H,2,5,8-9,11,13-15H2,(H,22,24). The highest BCUT2D eigenvalue weighted by Gasteiger charge is 2.25. The summed E-state index contributed by atoms with van der Waals surface area (Å²) in [5.41, 5.74) is 1.29. The van der Waals surface area contributed by atoms with Crippen molar-refractivity contribution in [2.45, 2.75) is 25.1 Å². The molecule has 2 heterocycles. The van der Waals surface area contributed by atoms with E-state index in [1.54, 1.807) is 18.0 Å². The van der Waals surface area contributed by atoms with E-state index in [4.69, 9.17) is 4.42 Å². The number of thioether (sulfide) groups is 1. The van der Waals surface area contributed by atoms with E-state index in [0.29, 0.717) is 6.54 Å². The van der Waals surface area contributed by atoms with Crippen LogP contribution in [0.3, 0.4) is 0 Å². The Balaban J connectivity index is 1.37. The Morgan fingerprint density at radius 3 is 3.08 bits per heavy atom. The lowest BCUT2D eigenvalue weighted by Gasteiger charge is -2.32. The lowest BCUT2D eigenvalue weighted by atomic mass is 9.96. The molecule has 1 fully saturated rings. The Morgan fingerprint density at radius 1 is 1.35 bits per heavy atom. The van der Waals surface area contributed by atoms with E-state index in [1.807, 2.05) is 18.2 Å². The summed E-state index contributed by atoms with van der Waals surface area (Å²) in [4.78, 5) is 14.9. The number of amides is 1. The number of benzene rings is 1. The van der Waals surface area contributed by atoms with Crippen LogP contribution in [-0.4, -0.2) is 36.2 Å². The molecule has 1 aromatic heterocycles. The molecule has 0 saturated carbocycles. The first-order valence-electron chi connectivity index (χ1n) is 9.05. The van der Waals surface area contributed by atoms with Crippen LogP contribution in [0.25, 0.3) is 0 Å². The maximum atomic E-state index is 12.5. The number of carbonyl (C=O) groups is 1. The number of piperidine rings is 1. The molecule has 6 heteroatoms. The van der Waals surface area contributed by atoms with E-state index >= 15 is 0 Å². The van der Waals surface area contributed by atoms with Gasteiger partial charge in [-0.3, -0.25) is 9.69 Å². The first-order valence-corrected chi connectivity index (χ1v) is 11.0. The van der Waals surface area contributed by atoms with Gasteiger partial charge in [0.2, 0.25) is 5.91 Å². The summed E-state index contributed by atoms with van der Waals surface area (Å²) in [7, 11) is 0. The third-order valence-electron chi connectivity index (χ3n) is 4.54. The van der Waals surface area contributed by atoms with Crippen molar-refractivity contribution in [2.24, 2.45) is 5.92 Å². The lowest BCUT2D eigenvalue weighted by Crippen LogP contribution is -2.43. The maximum Gasteiger partial charge on any atom is 0.224 e. The SMILES string of the molecule is O=C(NCCSCc1ccco1)C1CCCN(Cc2cccc(Br)c2)C1. The molecule has 0 radical (unpaired) electrons. The maximum absolute atomic E-state index is 12.5. The van der Waals surface area contributed by atoms with Gasteiger partial charge >= 0.3 is 0 Å². The smallest absolute Gasteiger partial charge is 0.224 e. The minimum Gasteiger partial charge on any atom is -0.468 e. The van der Waals surface area contributed by atoms with Gasteiger partial charge in [-0.05, 0) is 49.2 Å². The van der Waals surface area contributed by atoms with Crippen molar-refractivity contribution in [3.63, 3.8) is 0 Å². The fraction of sp³-hybridized carbons (Fsp3) is 0.450. The summed E-state index contributed by atoms with van der Waals surface area (Å²) in [6, 6.07) is 12.3. The van der Waals surface area contributed by atoms with Gasteiger partial charge < -0.3 is 9.73 Å². The third-order valence-corrected chi connectivity index (χ3v) is 6.02. The Kier molecular flexibility index (Phi) is 7.65. The number of furan rings is 1. The van der Waals surface area contributed by atoms with Gasteiger partial charge in [0.15, 0.2) is 0 Å². The van der Waals surface area contributed by atoms with Gasteiger partial charge in [-0.1, -0.05) is 28.1 Å². The molecule has 1 saturated heterocycles. The van der Waals surface area contributed by atoms with Crippen molar-refractivity contribution >= 4 is 33.6 Å². The van der Waals surface area contributed by atoms with E-state index < -0.39 is 0 Å². The minimum absolute atomic E-state index is 0.103. The molecule has 3 rings (SSSR count). The van der Waals surface area contributed by atoms with E-state index in [2.05, 4.69) is 44.3 Å². The Labute approximate surface area is 167 Å². The quantitative estimate of drug-likeness (QED) is 0.626. The molecule has 26 heavy (non-hydrogen) atoms. The molecular weight excluding hydrogens is 412 g/mol. The average Bonchev–Trinajstić information content (AvgIpc) is 3.15. The topological polar surface area (TPSA) is 45.5 Å². The monoisotopic (exact) mass is 436 g/mol. The van der Waals surface area contributed by atoms with Crippen LogP contribution in [0.4, 0.5) is 0 Å². The molecule has 2 aromatic rings. The summed E-state index contributed by atoms with van der Waals surface area (Å²) in [6.45, 7) is 3.53. The van der Waals surface area contributed by atoms with Crippen LogP contribution in [-0.2, 0) is 17.1 Å². The van der Waals surface area contributed by atoms with E-state index in [1.165, 1.54) is 5.56 Å². The summed E-state index contributed by atoms with van der Waals surface area (Å²) < 4.78 is 6.41. The highest BCUT2D eigenvalue weighted by Crippen LogP contribution is 2.20. The normalized spacial score (nSPS) is 18.0. The molecule has 1 atom stereocenters. The largest absolute Gasteiger partial charge is 0.468 e. The van der Waals surface area contributed by atoms with Crippen molar-refractivity contribution in [1.82, 2.24) is 10.2 Å². The van der Waals surface area contributed by atoms with Crippen LogP contribution in [0, 0.1) is 5.92 Å². The van der Waals surface area contributed by atoms with Gasteiger partial charge in [-0.15, -0.1) is 0 Å². The molecule has 1 aromatic carbocycles. The zero-order chi connectivity index (χ0) is 18.2. The molecule has 140 valence electrons. The molecule has 0 bridgehead atoms. The Morgan fingerprint density at radius 2 is 2.27 bits per heavy atom. The van der Waals surface area contributed by atoms with Gasteiger partial charge in [0.25, 0.3) is 0 Å². The van der Waals surface area contributed by atoms with E-state index in [0.717, 1.165) is 54.2 Å². The molecule has 0 aliphatic carbocycles. The summed E-state index contributed by atoms with van der Waals surface area (Å²) >= 11 is 5.31. The van der Waals surface area contributed by atoms with Crippen LogP contribution < -0.4 is 5.32 Å². The molecule has 4 nitrogen and oxygen atoms in total. The first kappa shape index (κ1) is 19.5. The Hall–Kier alpha value is -1.24. The fourth-order valence-electron chi connectivity index (χ4n) is 3.26. The molecule has 1 unspecified atom stereocenters. The van der Waals surface area contributed by atoms with Gasteiger partial charge in [0.05, 0.1) is 17.9 Å². The summed E-state index contributed by atoms with van der Waals surface area (Å²) in [5, 5.41) is 3.10. The van der Waals surface area contributed by atoms with Crippen LogP contribution in [0.2, 0.25) is 0 Å². The van der Waals surface area contributed by atoms with Crippen LogP contribution in [0.1, 0.15) is 24.2 Å². The number of halogens is 1. The number of hydrogen-bond donors (Lipinski definition) is 1. The molecule has 1 amide bonds. The van der Waals surface area contributed by atoms with Crippen LogP contribution in [0.15, 0.2) is 51.6 Å². The van der Waals surface area contributed by atoms with Gasteiger partial charge in [0.1, 0.15) is 5.76 Å². The first-order chi connectivity index (χ1) is 12.7. The number of nitrogens with one attached hydrogen (secondary N) is 1. The minimum atomic E-state index is 0.103. The third kappa shape index (κ3) is 6.18. The predicted molar refractivity (Wildman–Crippen MR) is 110 cm³/mol. The molecule has 1 N–H and O–H groups in total. The fourth-order valence-corrected chi connectivity index (χ4v) is 4.47. The summed E-state index contributed by atoms with van der Waals surface area (Å²) in [5.74, 6) is 3.04. The van der Waals surface area contributed by atoms with E-state index in [-0.39, 0.29) is 11.8 Å². The van der Waals surface area contributed by atoms with Crippen LogP contribution >= 0.6 is 27.7 Å². The second-order valence-corrected chi connectivity index (χ2v) is 8.65. The van der Waals surface area contributed by atoms with E-state index in [9.17, 15) is 4.79 Å². The number of likely N-dealkylation sites (tertiary alicyclic amines) is 1. The number of carbonyl (C=O) groups excluding carboxylic acids is 1. The van der Waals surface area contributed by atoms with Crippen molar-refractivity contribution in [3.05, 3.63) is 58.5 Å². The van der Waals surface area contributed by atoms with Crippen molar-refractivity contribution < 1.29 is 9.21 Å².